The fourth-order valence-corrected chi connectivity index (χ4v) is 8.42. The second-order valence-corrected chi connectivity index (χ2v) is 11.8. The van der Waals surface area contributed by atoms with Gasteiger partial charge in [0.25, 0.3) is 0 Å². The van der Waals surface area contributed by atoms with Crippen molar-refractivity contribution in [1.82, 2.24) is 0 Å². The Bertz CT molecular complexity index is 1090. The molecule has 164 valence electrons. The van der Waals surface area contributed by atoms with Gasteiger partial charge in [-0.2, -0.15) is 5.26 Å². The maximum atomic E-state index is 9.03. The Kier molecular flexibility index (Phi) is 7.56. The van der Waals surface area contributed by atoms with Crippen molar-refractivity contribution in [1.29, 1.82) is 5.26 Å². The zero-order chi connectivity index (χ0) is 22.9. The first-order valence-electron chi connectivity index (χ1n) is 11.4. The summed E-state index contributed by atoms with van der Waals surface area (Å²) in [5.74, 6) is 0.867. The first kappa shape index (κ1) is 22.8. The van der Waals surface area contributed by atoms with Crippen LogP contribution in [0.4, 0.5) is 0 Å². The van der Waals surface area contributed by atoms with E-state index in [1.54, 1.807) is 0 Å². The van der Waals surface area contributed by atoms with E-state index in [1.165, 1.54) is 21.5 Å². The van der Waals surface area contributed by atoms with Gasteiger partial charge in [-0.1, -0.05) is 66.7 Å². The van der Waals surface area contributed by atoms with Crippen LogP contribution in [0.25, 0.3) is 0 Å². The lowest BCUT2D eigenvalue weighted by Crippen LogP contribution is -2.32. The predicted octanol–water partition coefficient (Wildman–Crippen LogP) is 6.11. The van der Waals surface area contributed by atoms with E-state index in [-0.39, 0.29) is 5.92 Å². The number of rotatable bonds is 9. The highest BCUT2D eigenvalue weighted by Crippen LogP contribution is 2.58. The minimum Gasteiger partial charge on any atom is -0.494 e. The third kappa shape index (κ3) is 5.33. The predicted molar refractivity (Wildman–Crippen MR) is 140 cm³/mol. The lowest BCUT2D eigenvalue weighted by Gasteiger charge is -2.28. The van der Waals surface area contributed by atoms with Crippen molar-refractivity contribution in [2.45, 2.75) is 19.5 Å². The highest BCUT2D eigenvalue weighted by molar-refractivity contribution is 7.95. The Morgan fingerprint density at radius 1 is 0.727 bits per heavy atom. The van der Waals surface area contributed by atoms with E-state index in [0.717, 1.165) is 18.3 Å². The summed E-state index contributed by atoms with van der Waals surface area (Å²) in [5.41, 5.74) is 1.26. The number of hydrogen-bond acceptors (Lipinski definition) is 2. The molecule has 0 spiro atoms. The van der Waals surface area contributed by atoms with E-state index < -0.39 is 7.26 Å². The summed E-state index contributed by atoms with van der Waals surface area (Å²) < 4.78 is 6.01. The molecule has 0 heterocycles. The number of nitrogens with zero attached hydrogens (tertiary/aromatic N) is 1. The number of nitriles is 1. The van der Waals surface area contributed by atoms with Gasteiger partial charge in [0.2, 0.25) is 0 Å². The minimum absolute atomic E-state index is 0.000926. The van der Waals surface area contributed by atoms with Crippen LogP contribution in [0.1, 0.15) is 18.9 Å². The molecule has 0 aliphatic carbocycles. The van der Waals surface area contributed by atoms with Crippen LogP contribution in [0.5, 0.6) is 5.75 Å². The third-order valence-electron chi connectivity index (χ3n) is 5.95. The van der Waals surface area contributed by atoms with Crippen molar-refractivity contribution in [3.8, 4) is 11.8 Å². The zero-order valence-corrected chi connectivity index (χ0v) is 19.9. The Labute approximate surface area is 197 Å². The summed E-state index contributed by atoms with van der Waals surface area (Å²) in [6.45, 7) is 2.48. The van der Waals surface area contributed by atoms with Crippen molar-refractivity contribution in [2.75, 3.05) is 6.61 Å². The molecule has 0 saturated carbocycles. The zero-order valence-electron chi connectivity index (χ0n) is 19.0. The maximum Gasteiger partial charge on any atom is 0.119 e. The minimum atomic E-state index is -1.94. The molecule has 4 aromatic rings. The Balaban J connectivity index is 1.77. The molecule has 0 amide bonds. The number of ether oxygens (including phenoxy) is 1. The third-order valence-corrected chi connectivity index (χ3v) is 10.3. The van der Waals surface area contributed by atoms with Gasteiger partial charge in [-0.3, -0.25) is 0 Å². The van der Waals surface area contributed by atoms with Gasteiger partial charge in [0.05, 0.1) is 18.8 Å². The quantitative estimate of drug-likeness (QED) is 0.288. The van der Waals surface area contributed by atoms with Gasteiger partial charge in [0, 0.05) is 5.92 Å². The summed E-state index contributed by atoms with van der Waals surface area (Å²) >= 11 is 0. The summed E-state index contributed by atoms with van der Waals surface area (Å²) in [6, 6.07) is 43.5. The van der Waals surface area contributed by atoms with Gasteiger partial charge >= 0.3 is 0 Å². The van der Waals surface area contributed by atoms with E-state index >= 15 is 0 Å². The molecule has 0 aliphatic heterocycles. The van der Waals surface area contributed by atoms with E-state index in [2.05, 4.69) is 115 Å². The number of hydrogen-bond donors (Lipinski definition) is 0. The number of benzene rings is 4. The highest BCUT2D eigenvalue weighted by Gasteiger charge is 2.45. The lowest BCUT2D eigenvalue weighted by molar-refractivity contribution is 0.297. The van der Waals surface area contributed by atoms with Crippen LogP contribution in [-0.2, 0) is 6.16 Å². The van der Waals surface area contributed by atoms with E-state index in [4.69, 9.17) is 10.00 Å². The molecular weight excluding hydrogens is 421 g/mol. The second kappa shape index (κ2) is 11.0. The average Bonchev–Trinajstić information content (AvgIpc) is 2.89. The van der Waals surface area contributed by atoms with Crippen molar-refractivity contribution >= 4 is 23.2 Å². The van der Waals surface area contributed by atoms with Gasteiger partial charge in [-0.05, 0) is 67.4 Å². The molecule has 0 bridgehead atoms. The molecule has 4 aromatic carbocycles. The molecule has 4 rings (SSSR count). The maximum absolute atomic E-state index is 9.03. The van der Waals surface area contributed by atoms with E-state index in [0.29, 0.717) is 6.61 Å². The van der Waals surface area contributed by atoms with Gasteiger partial charge in [0.1, 0.15) is 28.9 Å². The van der Waals surface area contributed by atoms with Crippen LogP contribution in [0.15, 0.2) is 115 Å². The van der Waals surface area contributed by atoms with Crippen molar-refractivity contribution < 1.29 is 4.74 Å². The molecule has 0 radical (unpaired) electrons. The molecule has 3 heteroatoms. The molecule has 0 saturated heterocycles. The van der Waals surface area contributed by atoms with Crippen LogP contribution in [0.3, 0.4) is 0 Å². The van der Waals surface area contributed by atoms with Crippen molar-refractivity contribution in [2.24, 2.45) is 5.92 Å². The molecule has 0 fully saturated rings. The monoisotopic (exact) mass is 450 g/mol. The van der Waals surface area contributed by atoms with Crippen molar-refractivity contribution in [3.63, 3.8) is 0 Å². The fraction of sp³-hybridized carbons (Fsp3) is 0.167. The van der Waals surface area contributed by atoms with Crippen molar-refractivity contribution in [3.05, 3.63) is 121 Å². The summed E-state index contributed by atoms with van der Waals surface area (Å²) in [6.07, 6.45) is 1.65. The lowest BCUT2D eigenvalue weighted by atomic mass is 10.1. The standard InChI is InChI=1S/C30H29NOP/c1-25(23-31)20-21-32-27-13-11-12-26(22-27)24-33(28-14-5-2-6-15-28,29-16-7-3-8-17-29)30-18-9-4-10-19-30/h2-19,22,25H,20-21,24H2,1H3/q+1. The normalized spacial score (nSPS) is 12.0. The van der Waals surface area contributed by atoms with Gasteiger partial charge in [-0.15, -0.1) is 0 Å². The van der Waals surface area contributed by atoms with Crippen LogP contribution >= 0.6 is 7.26 Å². The molecule has 33 heavy (non-hydrogen) atoms. The molecule has 2 nitrogen and oxygen atoms in total. The fourth-order valence-electron chi connectivity index (χ4n) is 4.19. The van der Waals surface area contributed by atoms with Crippen LogP contribution in [0.2, 0.25) is 0 Å². The molecule has 1 unspecified atom stereocenters. The molecule has 1 atom stereocenters. The highest BCUT2D eigenvalue weighted by atomic mass is 31.2. The van der Waals surface area contributed by atoms with Gasteiger partial charge in [-0.25, -0.2) is 0 Å². The Morgan fingerprint density at radius 3 is 1.73 bits per heavy atom. The first-order valence-corrected chi connectivity index (χ1v) is 13.4. The smallest absolute Gasteiger partial charge is 0.119 e. The van der Waals surface area contributed by atoms with E-state index in [1.807, 2.05) is 13.0 Å². The van der Waals surface area contributed by atoms with Crippen LogP contribution in [-0.4, -0.2) is 6.61 Å². The summed E-state index contributed by atoms with van der Waals surface area (Å²) in [4.78, 5) is 0. The second-order valence-electron chi connectivity index (χ2n) is 8.29. The molecular formula is C30H29NOP+. The van der Waals surface area contributed by atoms with Gasteiger partial charge < -0.3 is 4.74 Å². The van der Waals surface area contributed by atoms with Crippen LogP contribution in [0, 0.1) is 17.2 Å². The molecule has 0 aliphatic rings. The average molecular weight is 451 g/mol. The summed E-state index contributed by atoms with van der Waals surface area (Å²) in [7, 11) is -1.94. The van der Waals surface area contributed by atoms with E-state index in [9.17, 15) is 0 Å². The Hall–Kier alpha value is -3.40. The largest absolute Gasteiger partial charge is 0.494 e. The molecule has 0 N–H and O–H groups in total. The van der Waals surface area contributed by atoms with Gasteiger partial charge in [0.15, 0.2) is 0 Å². The summed E-state index contributed by atoms with van der Waals surface area (Å²) in [5, 5.41) is 13.1. The first-order chi connectivity index (χ1) is 16.2. The molecule has 0 aromatic heterocycles. The Morgan fingerprint density at radius 2 is 1.24 bits per heavy atom. The SMILES string of the molecule is CC(C#N)CCOc1cccc(C[P+](c2ccccc2)(c2ccccc2)c2ccccc2)c1. The topological polar surface area (TPSA) is 33.0 Å². The van der Waals surface area contributed by atoms with Crippen LogP contribution < -0.4 is 20.7 Å².